The predicted molar refractivity (Wildman–Crippen MR) is 114 cm³/mol. The number of halogens is 1. The van der Waals surface area contributed by atoms with Crippen molar-refractivity contribution in [2.75, 3.05) is 12.4 Å². The van der Waals surface area contributed by atoms with Gasteiger partial charge in [-0.3, -0.25) is 24.6 Å². The van der Waals surface area contributed by atoms with E-state index in [0.717, 1.165) is 22.2 Å². The number of amides is 2. The Kier molecular flexibility index (Phi) is 6.96. The zero-order valence-corrected chi connectivity index (χ0v) is 17.3. The van der Waals surface area contributed by atoms with Gasteiger partial charge in [0.25, 0.3) is 16.8 Å². The third-order valence-corrected chi connectivity index (χ3v) is 6.16. The van der Waals surface area contributed by atoms with Crippen molar-refractivity contribution in [2.45, 2.75) is 11.4 Å². The van der Waals surface area contributed by atoms with Gasteiger partial charge in [-0.05, 0) is 47.2 Å². The Balaban J connectivity index is 1.82. The molecule has 0 unspecified atom stereocenters. The van der Waals surface area contributed by atoms with Gasteiger partial charge in [0.2, 0.25) is 0 Å². The van der Waals surface area contributed by atoms with Crippen molar-refractivity contribution >= 4 is 58.0 Å². The van der Waals surface area contributed by atoms with E-state index >= 15 is 0 Å². The average Bonchev–Trinajstić information content (AvgIpc) is 2.95. The Hall–Kier alpha value is -2.33. The number of nitro benzene ring substituents is 1. The number of rotatable bonds is 7. The highest BCUT2D eigenvalue weighted by molar-refractivity contribution is 8.18. The predicted octanol–water partition coefficient (Wildman–Crippen LogP) is 4.57. The van der Waals surface area contributed by atoms with Crippen LogP contribution >= 0.6 is 35.1 Å². The van der Waals surface area contributed by atoms with Crippen LogP contribution in [0.15, 0.2) is 52.3 Å². The molecule has 10 heteroatoms. The smallest absolute Gasteiger partial charge is 0.293 e. The highest BCUT2D eigenvalue weighted by atomic mass is 35.5. The number of carbonyl (C=O) groups excluding carboxylic acids is 2. The van der Waals surface area contributed by atoms with E-state index in [2.05, 4.69) is 0 Å². The van der Waals surface area contributed by atoms with Crippen LogP contribution in [0.25, 0.3) is 6.08 Å². The Morgan fingerprint density at radius 2 is 1.93 bits per heavy atom. The molecular formula is C19H15ClN2O5S2. The maximum absolute atomic E-state index is 12.6. The van der Waals surface area contributed by atoms with E-state index in [1.807, 2.05) is 0 Å². The van der Waals surface area contributed by atoms with Gasteiger partial charge in [-0.25, -0.2) is 0 Å². The van der Waals surface area contributed by atoms with E-state index in [1.165, 1.54) is 23.9 Å². The third-order valence-electron chi connectivity index (χ3n) is 3.95. The van der Waals surface area contributed by atoms with Gasteiger partial charge >= 0.3 is 0 Å². The zero-order valence-electron chi connectivity index (χ0n) is 14.9. The molecule has 1 aliphatic rings. The summed E-state index contributed by atoms with van der Waals surface area (Å²) >= 11 is 7.82. The fourth-order valence-electron chi connectivity index (χ4n) is 2.60. The molecule has 0 bridgehead atoms. The number of benzene rings is 2. The standard InChI is InChI=1S/C19H15ClN2O5S2/c20-14-4-1-12(2-5-14)11-21-18(24)17(29-19(21)25)10-13-3-6-16(28-8-7-23)15(9-13)22(26)27/h1-6,9-10,23H,7-8,11H2. The molecule has 150 valence electrons. The summed E-state index contributed by atoms with van der Waals surface area (Å²) in [5.74, 6) is -0.111. The number of carbonyl (C=O) groups is 2. The molecule has 0 aliphatic carbocycles. The molecule has 1 fully saturated rings. The van der Waals surface area contributed by atoms with Crippen molar-refractivity contribution < 1.29 is 19.6 Å². The maximum atomic E-state index is 12.6. The van der Waals surface area contributed by atoms with E-state index in [9.17, 15) is 19.7 Å². The highest BCUT2D eigenvalue weighted by Crippen LogP contribution is 2.35. The van der Waals surface area contributed by atoms with Crippen LogP contribution in [-0.2, 0) is 11.3 Å². The summed E-state index contributed by atoms with van der Waals surface area (Å²) in [5, 5.41) is 20.4. The minimum atomic E-state index is -0.511. The number of thioether (sulfide) groups is 2. The van der Waals surface area contributed by atoms with Crippen LogP contribution in [0.4, 0.5) is 10.5 Å². The number of aliphatic hydroxyl groups excluding tert-OH is 1. The monoisotopic (exact) mass is 450 g/mol. The van der Waals surface area contributed by atoms with Gasteiger partial charge in [0.1, 0.15) is 0 Å². The second-order valence-corrected chi connectivity index (χ2v) is 8.52. The molecule has 1 aliphatic heterocycles. The second kappa shape index (κ2) is 9.45. The summed E-state index contributed by atoms with van der Waals surface area (Å²) in [6, 6.07) is 11.4. The molecule has 1 N–H and O–H groups in total. The van der Waals surface area contributed by atoms with Crippen LogP contribution in [0, 0.1) is 10.1 Å². The topological polar surface area (TPSA) is 101 Å². The molecular weight excluding hydrogens is 436 g/mol. The fraction of sp³-hybridized carbons (Fsp3) is 0.158. The number of nitrogens with zero attached hydrogens (tertiary/aromatic N) is 2. The average molecular weight is 451 g/mol. The number of nitro groups is 1. The molecule has 0 saturated carbocycles. The van der Waals surface area contributed by atoms with Crippen molar-refractivity contribution in [3.63, 3.8) is 0 Å². The molecule has 2 aromatic carbocycles. The molecule has 1 saturated heterocycles. The first-order chi connectivity index (χ1) is 13.9. The summed E-state index contributed by atoms with van der Waals surface area (Å²) in [6.07, 6.45) is 1.47. The molecule has 7 nitrogen and oxygen atoms in total. The molecule has 2 aromatic rings. The summed E-state index contributed by atoms with van der Waals surface area (Å²) < 4.78 is 0. The number of aliphatic hydroxyl groups is 1. The fourth-order valence-corrected chi connectivity index (χ4v) is 4.33. The Morgan fingerprint density at radius 1 is 1.21 bits per heavy atom. The largest absolute Gasteiger partial charge is 0.396 e. The molecule has 1 heterocycles. The first-order valence-corrected chi connectivity index (χ1v) is 10.6. The van der Waals surface area contributed by atoms with E-state index < -0.39 is 16.1 Å². The van der Waals surface area contributed by atoms with Gasteiger partial charge < -0.3 is 5.11 Å². The first-order valence-electron chi connectivity index (χ1n) is 8.41. The molecule has 0 aromatic heterocycles. The van der Waals surface area contributed by atoms with Crippen LogP contribution in [0.2, 0.25) is 5.02 Å². The lowest BCUT2D eigenvalue weighted by Crippen LogP contribution is -2.27. The van der Waals surface area contributed by atoms with Gasteiger partial charge in [0, 0.05) is 16.8 Å². The van der Waals surface area contributed by atoms with Crippen LogP contribution in [0.1, 0.15) is 11.1 Å². The second-order valence-electron chi connectivity index (χ2n) is 5.95. The number of imide groups is 1. The van der Waals surface area contributed by atoms with Crippen molar-refractivity contribution in [3.05, 3.63) is 73.6 Å². The molecule has 0 atom stereocenters. The van der Waals surface area contributed by atoms with E-state index in [4.69, 9.17) is 16.7 Å². The maximum Gasteiger partial charge on any atom is 0.293 e. The first kappa shape index (κ1) is 21.4. The van der Waals surface area contributed by atoms with Crippen LogP contribution in [0.5, 0.6) is 0 Å². The van der Waals surface area contributed by atoms with Gasteiger partial charge in [-0.15, -0.1) is 11.8 Å². The van der Waals surface area contributed by atoms with Gasteiger partial charge in [-0.1, -0.05) is 29.8 Å². The summed E-state index contributed by atoms with van der Waals surface area (Å²) in [4.78, 5) is 37.5. The molecule has 2 amide bonds. The van der Waals surface area contributed by atoms with Gasteiger partial charge in [-0.2, -0.15) is 0 Å². The van der Waals surface area contributed by atoms with E-state index in [0.29, 0.717) is 21.2 Å². The number of hydrogen-bond acceptors (Lipinski definition) is 7. The molecule has 0 spiro atoms. The van der Waals surface area contributed by atoms with E-state index in [1.54, 1.807) is 36.4 Å². The lowest BCUT2D eigenvalue weighted by molar-refractivity contribution is -0.387. The Labute approximate surface area is 179 Å². The highest BCUT2D eigenvalue weighted by Gasteiger charge is 2.35. The Bertz CT molecular complexity index is 995. The normalized spacial score (nSPS) is 15.4. The van der Waals surface area contributed by atoms with Crippen LogP contribution in [-0.4, -0.2) is 38.4 Å². The van der Waals surface area contributed by atoms with E-state index in [-0.39, 0.29) is 23.7 Å². The van der Waals surface area contributed by atoms with Crippen LogP contribution in [0.3, 0.4) is 0 Å². The quantitative estimate of drug-likeness (QED) is 0.285. The van der Waals surface area contributed by atoms with Crippen molar-refractivity contribution in [1.29, 1.82) is 0 Å². The van der Waals surface area contributed by atoms with Crippen LogP contribution < -0.4 is 0 Å². The lowest BCUT2D eigenvalue weighted by Gasteiger charge is -2.12. The SMILES string of the molecule is O=C1SC(=Cc2ccc(SCCO)c([N+](=O)[O-])c2)C(=O)N1Cc1ccc(Cl)cc1. The van der Waals surface area contributed by atoms with Gasteiger partial charge in [0.15, 0.2) is 0 Å². The minimum absolute atomic E-state index is 0.0929. The summed E-state index contributed by atoms with van der Waals surface area (Å²) in [7, 11) is 0. The summed E-state index contributed by atoms with van der Waals surface area (Å²) in [6.45, 7) is 0.0282. The van der Waals surface area contributed by atoms with Crippen molar-refractivity contribution in [2.24, 2.45) is 0 Å². The van der Waals surface area contributed by atoms with Crippen molar-refractivity contribution in [3.8, 4) is 0 Å². The van der Waals surface area contributed by atoms with Crippen molar-refractivity contribution in [1.82, 2.24) is 4.90 Å². The molecule has 3 rings (SSSR count). The number of hydrogen-bond donors (Lipinski definition) is 1. The molecule has 29 heavy (non-hydrogen) atoms. The zero-order chi connectivity index (χ0) is 21.0. The third kappa shape index (κ3) is 5.18. The van der Waals surface area contributed by atoms with Gasteiger partial charge in [0.05, 0.1) is 27.9 Å². The molecule has 0 radical (unpaired) electrons. The Morgan fingerprint density at radius 3 is 2.59 bits per heavy atom. The lowest BCUT2D eigenvalue weighted by atomic mass is 10.1. The summed E-state index contributed by atoms with van der Waals surface area (Å²) in [5.41, 5.74) is 1.10. The minimum Gasteiger partial charge on any atom is -0.396 e.